The van der Waals surface area contributed by atoms with E-state index in [1.54, 1.807) is 0 Å². The Morgan fingerprint density at radius 3 is 2.40 bits per heavy atom. The van der Waals surface area contributed by atoms with E-state index in [-0.39, 0.29) is 0 Å². The second-order valence-corrected chi connectivity index (χ2v) is 3.44. The maximum absolute atomic E-state index is 4.03. The minimum absolute atomic E-state index is 0.678. The third kappa shape index (κ3) is 1.16. The zero-order chi connectivity index (χ0) is 7.72. The molecule has 1 aliphatic carbocycles. The summed E-state index contributed by atoms with van der Waals surface area (Å²) in [6, 6.07) is 0. The van der Waals surface area contributed by atoms with Crippen LogP contribution in [0.1, 0.15) is 26.7 Å². The number of hydrogen-bond acceptors (Lipinski definition) is 0. The number of allylic oxidation sites excluding steroid dienone is 2. The maximum atomic E-state index is 4.03. The Labute approximate surface area is 63.6 Å². The summed E-state index contributed by atoms with van der Waals surface area (Å²) in [4.78, 5) is 0. The fraction of sp³-hybridized carbons (Fsp3) is 0.600. The van der Waals surface area contributed by atoms with E-state index in [1.807, 2.05) is 0 Å². The predicted octanol–water partition coefficient (Wildman–Crippen LogP) is 3.16. The van der Waals surface area contributed by atoms with E-state index in [0.717, 1.165) is 0 Å². The number of hydrogen-bond donors (Lipinski definition) is 0. The first kappa shape index (κ1) is 7.59. The molecule has 56 valence electrons. The van der Waals surface area contributed by atoms with Crippen LogP contribution >= 0.6 is 0 Å². The molecular weight excluding hydrogens is 120 g/mol. The zero-order valence-electron chi connectivity index (χ0n) is 6.98. The molecule has 10 heavy (non-hydrogen) atoms. The van der Waals surface area contributed by atoms with Gasteiger partial charge in [-0.15, -0.1) is 0 Å². The smallest absolute Gasteiger partial charge is 0.0143 e. The molecule has 0 bridgehead atoms. The van der Waals surface area contributed by atoms with E-state index in [4.69, 9.17) is 0 Å². The monoisotopic (exact) mass is 136 g/mol. The molecule has 0 aromatic carbocycles. The SMILES string of the molecule is C=C1CCC(C(=C)C)C1C. The molecule has 0 heterocycles. The summed E-state index contributed by atoms with van der Waals surface area (Å²) in [5.41, 5.74) is 2.74. The molecule has 0 saturated heterocycles. The summed E-state index contributed by atoms with van der Waals surface area (Å²) in [6.45, 7) is 12.4. The fourth-order valence-electron chi connectivity index (χ4n) is 1.78. The quantitative estimate of drug-likeness (QED) is 0.486. The van der Waals surface area contributed by atoms with Gasteiger partial charge in [0.15, 0.2) is 0 Å². The third-order valence-electron chi connectivity index (χ3n) is 2.66. The van der Waals surface area contributed by atoms with Crippen molar-refractivity contribution in [2.45, 2.75) is 26.7 Å². The molecule has 1 aliphatic rings. The molecule has 1 fully saturated rings. The van der Waals surface area contributed by atoms with E-state index in [1.165, 1.54) is 24.0 Å². The lowest BCUT2D eigenvalue weighted by molar-refractivity contribution is 0.522. The van der Waals surface area contributed by atoms with Gasteiger partial charge in [-0.1, -0.05) is 31.2 Å². The molecule has 0 aromatic rings. The summed E-state index contributed by atoms with van der Waals surface area (Å²) in [5.74, 6) is 1.39. The standard InChI is InChI=1S/C10H16/c1-7(2)10-6-5-8(3)9(10)4/h9-10H,1,3,5-6H2,2,4H3. The molecular formula is C10H16. The van der Waals surface area contributed by atoms with Crippen molar-refractivity contribution < 1.29 is 0 Å². The Morgan fingerprint density at radius 2 is 2.20 bits per heavy atom. The molecule has 2 atom stereocenters. The largest absolute Gasteiger partial charge is 0.0998 e. The molecule has 0 amide bonds. The van der Waals surface area contributed by atoms with Gasteiger partial charge >= 0.3 is 0 Å². The third-order valence-corrected chi connectivity index (χ3v) is 2.66. The highest BCUT2D eigenvalue weighted by Crippen LogP contribution is 2.38. The van der Waals surface area contributed by atoms with Crippen molar-refractivity contribution in [3.8, 4) is 0 Å². The lowest BCUT2D eigenvalue weighted by Gasteiger charge is -2.14. The van der Waals surface area contributed by atoms with E-state index < -0.39 is 0 Å². The van der Waals surface area contributed by atoms with Gasteiger partial charge in [0.2, 0.25) is 0 Å². The summed E-state index contributed by atoms with van der Waals surface area (Å²) in [7, 11) is 0. The van der Waals surface area contributed by atoms with Crippen LogP contribution in [0.4, 0.5) is 0 Å². The van der Waals surface area contributed by atoms with Gasteiger partial charge in [-0.25, -0.2) is 0 Å². The van der Waals surface area contributed by atoms with Gasteiger partial charge < -0.3 is 0 Å². The Bertz CT molecular complexity index is 165. The summed E-state index contributed by atoms with van der Waals surface area (Å²) < 4.78 is 0. The lowest BCUT2D eigenvalue weighted by atomic mass is 9.91. The van der Waals surface area contributed by atoms with E-state index in [2.05, 4.69) is 27.0 Å². The van der Waals surface area contributed by atoms with Gasteiger partial charge in [0.1, 0.15) is 0 Å². The summed E-state index contributed by atoms with van der Waals surface area (Å²) in [5, 5.41) is 0. The molecule has 0 aliphatic heterocycles. The van der Waals surface area contributed by atoms with Crippen molar-refractivity contribution in [1.29, 1.82) is 0 Å². The second-order valence-electron chi connectivity index (χ2n) is 3.44. The van der Waals surface area contributed by atoms with Gasteiger partial charge in [-0.05, 0) is 31.6 Å². The van der Waals surface area contributed by atoms with Crippen LogP contribution in [0.3, 0.4) is 0 Å². The Hall–Kier alpha value is -0.520. The molecule has 0 radical (unpaired) electrons. The van der Waals surface area contributed by atoms with Crippen LogP contribution in [-0.4, -0.2) is 0 Å². The fourth-order valence-corrected chi connectivity index (χ4v) is 1.78. The van der Waals surface area contributed by atoms with Gasteiger partial charge in [-0.3, -0.25) is 0 Å². The topological polar surface area (TPSA) is 0 Å². The van der Waals surface area contributed by atoms with Gasteiger partial charge in [-0.2, -0.15) is 0 Å². The molecule has 0 nitrogen and oxygen atoms in total. The highest BCUT2D eigenvalue weighted by molar-refractivity contribution is 5.15. The molecule has 0 aromatic heterocycles. The normalized spacial score (nSPS) is 32.8. The second kappa shape index (κ2) is 2.61. The Kier molecular flexibility index (Phi) is 1.98. The highest BCUT2D eigenvalue weighted by atomic mass is 14.3. The van der Waals surface area contributed by atoms with Crippen molar-refractivity contribution in [1.82, 2.24) is 0 Å². The average molecular weight is 136 g/mol. The minimum atomic E-state index is 0.678. The Balaban J connectivity index is 2.66. The lowest BCUT2D eigenvalue weighted by Crippen LogP contribution is -2.04. The zero-order valence-corrected chi connectivity index (χ0v) is 6.98. The van der Waals surface area contributed by atoms with Gasteiger partial charge in [0.25, 0.3) is 0 Å². The van der Waals surface area contributed by atoms with Crippen LogP contribution in [0.15, 0.2) is 24.3 Å². The molecule has 0 N–H and O–H groups in total. The first-order chi connectivity index (χ1) is 4.63. The Morgan fingerprint density at radius 1 is 1.60 bits per heavy atom. The van der Waals surface area contributed by atoms with Crippen molar-refractivity contribution in [3.63, 3.8) is 0 Å². The first-order valence-corrected chi connectivity index (χ1v) is 3.96. The average Bonchev–Trinajstić information content (AvgIpc) is 2.14. The highest BCUT2D eigenvalue weighted by Gasteiger charge is 2.26. The van der Waals surface area contributed by atoms with Gasteiger partial charge in [0, 0.05) is 0 Å². The summed E-state index contributed by atoms with van der Waals surface area (Å²) in [6.07, 6.45) is 2.48. The van der Waals surface area contributed by atoms with Gasteiger partial charge in [0.05, 0.1) is 0 Å². The van der Waals surface area contributed by atoms with Crippen LogP contribution in [0.5, 0.6) is 0 Å². The molecule has 0 heteroatoms. The summed E-state index contributed by atoms with van der Waals surface area (Å²) >= 11 is 0. The van der Waals surface area contributed by atoms with E-state index >= 15 is 0 Å². The predicted molar refractivity (Wildman–Crippen MR) is 45.8 cm³/mol. The first-order valence-electron chi connectivity index (χ1n) is 3.96. The molecule has 1 rings (SSSR count). The minimum Gasteiger partial charge on any atom is -0.0998 e. The molecule has 0 spiro atoms. The molecule has 2 unspecified atom stereocenters. The van der Waals surface area contributed by atoms with E-state index in [9.17, 15) is 0 Å². The van der Waals surface area contributed by atoms with Crippen molar-refractivity contribution in [3.05, 3.63) is 24.3 Å². The van der Waals surface area contributed by atoms with Crippen LogP contribution in [0.25, 0.3) is 0 Å². The van der Waals surface area contributed by atoms with E-state index in [0.29, 0.717) is 11.8 Å². The van der Waals surface area contributed by atoms with Crippen LogP contribution in [0.2, 0.25) is 0 Å². The molecule has 1 saturated carbocycles. The van der Waals surface area contributed by atoms with Crippen LogP contribution in [0, 0.1) is 11.8 Å². The van der Waals surface area contributed by atoms with Crippen molar-refractivity contribution in [2.75, 3.05) is 0 Å². The number of rotatable bonds is 1. The van der Waals surface area contributed by atoms with Crippen molar-refractivity contribution >= 4 is 0 Å². The maximum Gasteiger partial charge on any atom is -0.0143 e. The van der Waals surface area contributed by atoms with Crippen LogP contribution in [-0.2, 0) is 0 Å². The van der Waals surface area contributed by atoms with Crippen LogP contribution < -0.4 is 0 Å². The van der Waals surface area contributed by atoms with Crippen molar-refractivity contribution in [2.24, 2.45) is 11.8 Å².